The minimum atomic E-state index is -0.522. The molecule has 1 unspecified atom stereocenters. The van der Waals surface area contributed by atoms with Gasteiger partial charge in [-0.05, 0) is 26.8 Å². The molecule has 0 radical (unpaired) electrons. The average molecular weight is 274 g/mol. The molecule has 0 aliphatic rings. The number of alkyl halides is 1. The Labute approximate surface area is 98.2 Å². The fraction of sp³-hybridized carbons (Fsp3) is 0.600. The molecule has 0 aliphatic heterocycles. The maximum Gasteiger partial charge on any atom is 0.236 e. The molecule has 1 aromatic heterocycles. The number of hydrogen-bond acceptors (Lipinski definition) is 2. The Kier molecular flexibility index (Phi) is 3.90. The van der Waals surface area contributed by atoms with Crippen LogP contribution >= 0.6 is 15.9 Å². The summed E-state index contributed by atoms with van der Waals surface area (Å²) >= 11 is 3.32. The van der Waals surface area contributed by atoms with Gasteiger partial charge in [0.2, 0.25) is 5.91 Å². The van der Waals surface area contributed by atoms with Crippen molar-refractivity contribution in [3.63, 3.8) is 0 Å². The highest BCUT2D eigenvalue weighted by Gasteiger charge is 2.24. The molecule has 0 saturated carbocycles. The van der Waals surface area contributed by atoms with Gasteiger partial charge < -0.3 is 5.32 Å². The van der Waals surface area contributed by atoms with Crippen molar-refractivity contribution in [3.8, 4) is 0 Å². The van der Waals surface area contributed by atoms with Crippen LogP contribution in [0.25, 0.3) is 0 Å². The average Bonchev–Trinajstić information content (AvgIpc) is 2.54. The Morgan fingerprint density at radius 3 is 2.80 bits per heavy atom. The summed E-state index contributed by atoms with van der Waals surface area (Å²) in [6.07, 6.45) is 3.60. The van der Waals surface area contributed by atoms with Crippen molar-refractivity contribution in [2.45, 2.75) is 37.7 Å². The van der Waals surface area contributed by atoms with Gasteiger partial charge in [-0.3, -0.25) is 9.48 Å². The third kappa shape index (κ3) is 4.03. The Balaban J connectivity index is 2.43. The molecule has 1 N–H and O–H groups in total. The van der Waals surface area contributed by atoms with Gasteiger partial charge in [0.15, 0.2) is 0 Å². The topological polar surface area (TPSA) is 46.9 Å². The van der Waals surface area contributed by atoms with Gasteiger partial charge in [-0.15, -0.1) is 0 Å². The van der Waals surface area contributed by atoms with E-state index in [2.05, 4.69) is 26.3 Å². The number of halogens is 1. The van der Waals surface area contributed by atoms with Crippen LogP contribution in [-0.2, 0) is 11.3 Å². The highest BCUT2D eigenvalue weighted by molar-refractivity contribution is 9.10. The number of aromatic nitrogens is 2. The Bertz CT molecular complexity index is 316. The van der Waals surface area contributed by atoms with Crippen LogP contribution in [0.3, 0.4) is 0 Å². The number of rotatable bonds is 4. The highest BCUT2D eigenvalue weighted by Crippen LogP contribution is 2.15. The molecule has 0 spiro atoms. The summed E-state index contributed by atoms with van der Waals surface area (Å²) in [4.78, 5) is 11.6. The fourth-order valence-electron chi connectivity index (χ4n) is 1.13. The van der Waals surface area contributed by atoms with E-state index >= 15 is 0 Å². The minimum absolute atomic E-state index is 0.0119. The summed E-state index contributed by atoms with van der Waals surface area (Å²) in [6.45, 7) is 6.28. The molecule has 1 aromatic rings. The van der Waals surface area contributed by atoms with Gasteiger partial charge in [0.05, 0.1) is 10.9 Å². The first kappa shape index (κ1) is 12.2. The van der Waals surface area contributed by atoms with Crippen molar-refractivity contribution in [3.05, 3.63) is 18.5 Å². The van der Waals surface area contributed by atoms with Crippen LogP contribution in [0, 0.1) is 0 Å². The SMILES string of the molecule is CC(Cn1cccn1)NC(=O)C(C)(C)Br. The smallest absolute Gasteiger partial charge is 0.236 e. The number of hydrogen-bond donors (Lipinski definition) is 1. The lowest BCUT2D eigenvalue weighted by Crippen LogP contribution is -2.44. The predicted octanol–water partition coefficient (Wildman–Crippen LogP) is 1.56. The third-order valence-corrected chi connectivity index (χ3v) is 2.30. The summed E-state index contributed by atoms with van der Waals surface area (Å²) in [5.41, 5.74) is 0. The summed E-state index contributed by atoms with van der Waals surface area (Å²) in [5.74, 6) is -0.0119. The van der Waals surface area contributed by atoms with E-state index in [0.29, 0.717) is 6.54 Å². The minimum Gasteiger partial charge on any atom is -0.351 e. The van der Waals surface area contributed by atoms with Crippen LogP contribution in [-0.4, -0.2) is 26.1 Å². The van der Waals surface area contributed by atoms with Crippen molar-refractivity contribution in [2.75, 3.05) is 0 Å². The number of nitrogens with zero attached hydrogens (tertiary/aromatic N) is 2. The molecule has 15 heavy (non-hydrogen) atoms. The van der Waals surface area contributed by atoms with Crippen LogP contribution in [0.1, 0.15) is 20.8 Å². The molecule has 4 nitrogen and oxygen atoms in total. The molecular formula is C10H16BrN3O. The van der Waals surface area contributed by atoms with Crippen LogP contribution < -0.4 is 5.32 Å². The molecule has 0 aliphatic carbocycles. The molecular weight excluding hydrogens is 258 g/mol. The Hall–Kier alpha value is -0.840. The quantitative estimate of drug-likeness (QED) is 0.847. The molecule has 1 heterocycles. The second kappa shape index (κ2) is 4.79. The second-order valence-corrected chi connectivity index (χ2v) is 6.06. The van der Waals surface area contributed by atoms with Crippen LogP contribution in [0.4, 0.5) is 0 Å². The number of nitrogens with one attached hydrogen (secondary N) is 1. The molecule has 0 saturated heterocycles. The molecule has 0 fully saturated rings. The van der Waals surface area contributed by atoms with Crippen LogP contribution in [0.2, 0.25) is 0 Å². The van der Waals surface area contributed by atoms with E-state index < -0.39 is 4.32 Å². The van der Waals surface area contributed by atoms with E-state index in [0.717, 1.165) is 0 Å². The van der Waals surface area contributed by atoms with E-state index in [9.17, 15) is 4.79 Å². The van der Waals surface area contributed by atoms with E-state index in [1.54, 1.807) is 10.9 Å². The van der Waals surface area contributed by atoms with Crippen molar-refractivity contribution >= 4 is 21.8 Å². The van der Waals surface area contributed by atoms with Gasteiger partial charge in [0.25, 0.3) is 0 Å². The molecule has 1 amide bonds. The summed E-state index contributed by atoms with van der Waals surface area (Å²) < 4.78 is 1.28. The Morgan fingerprint density at radius 2 is 2.33 bits per heavy atom. The number of amides is 1. The summed E-state index contributed by atoms with van der Waals surface area (Å²) in [7, 11) is 0. The van der Waals surface area contributed by atoms with E-state index in [1.807, 2.05) is 33.0 Å². The molecule has 1 atom stereocenters. The third-order valence-electron chi connectivity index (χ3n) is 1.94. The normalized spacial score (nSPS) is 13.6. The van der Waals surface area contributed by atoms with Crippen molar-refractivity contribution in [1.29, 1.82) is 0 Å². The molecule has 0 bridgehead atoms. The summed E-state index contributed by atoms with van der Waals surface area (Å²) in [5, 5.41) is 6.99. The van der Waals surface area contributed by atoms with Crippen molar-refractivity contribution < 1.29 is 4.79 Å². The molecule has 5 heteroatoms. The summed E-state index contributed by atoms with van der Waals surface area (Å²) in [6, 6.07) is 1.93. The maximum absolute atomic E-state index is 11.6. The lowest BCUT2D eigenvalue weighted by molar-refractivity contribution is -0.123. The lowest BCUT2D eigenvalue weighted by atomic mass is 10.2. The van der Waals surface area contributed by atoms with E-state index in [4.69, 9.17) is 0 Å². The predicted molar refractivity (Wildman–Crippen MR) is 62.8 cm³/mol. The molecule has 84 valence electrons. The largest absolute Gasteiger partial charge is 0.351 e. The first-order valence-electron chi connectivity index (χ1n) is 4.87. The second-order valence-electron chi connectivity index (χ2n) is 4.08. The lowest BCUT2D eigenvalue weighted by Gasteiger charge is -2.20. The molecule has 0 aromatic carbocycles. The fourth-order valence-corrected chi connectivity index (χ4v) is 1.24. The van der Waals surface area contributed by atoms with Gasteiger partial charge in [0.1, 0.15) is 0 Å². The van der Waals surface area contributed by atoms with E-state index in [1.165, 1.54) is 0 Å². The van der Waals surface area contributed by atoms with Crippen molar-refractivity contribution in [2.24, 2.45) is 0 Å². The highest BCUT2D eigenvalue weighted by atomic mass is 79.9. The zero-order valence-electron chi connectivity index (χ0n) is 9.20. The van der Waals surface area contributed by atoms with Crippen molar-refractivity contribution in [1.82, 2.24) is 15.1 Å². The first-order chi connectivity index (χ1) is 6.89. The van der Waals surface area contributed by atoms with E-state index in [-0.39, 0.29) is 11.9 Å². The van der Waals surface area contributed by atoms with Crippen LogP contribution in [0.15, 0.2) is 18.5 Å². The van der Waals surface area contributed by atoms with Crippen LogP contribution in [0.5, 0.6) is 0 Å². The zero-order valence-corrected chi connectivity index (χ0v) is 10.8. The van der Waals surface area contributed by atoms with Gasteiger partial charge in [-0.2, -0.15) is 5.10 Å². The number of carbonyl (C=O) groups is 1. The monoisotopic (exact) mass is 273 g/mol. The van der Waals surface area contributed by atoms with Gasteiger partial charge in [0, 0.05) is 18.4 Å². The zero-order chi connectivity index (χ0) is 11.5. The van der Waals surface area contributed by atoms with Gasteiger partial charge >= 0.3 is 0 Å². The maximum atomic E-state index is 11.6. The first-order valence-corrected chi connectivity index (χ1v) is 5.66. The van der Waals surface area contributed by atoms with Gasteiger partial charge in [-0.25, -0.2) is 0 Å². The molecule has 1 rings (SSSR count). The standard InChI is InChI=1S/C10H16BrN3O/c1-8(7-14-6-4-5-12-14)13-9(15)10(2,3)11/h4-6,8H,7H2,1-3H3,(H,13,15). The Morgan fingerprint density at radius 1 is 1.67 bits per heavy atom. The van der Waals surface area contributed by atoms with Gasteiger partial charge in [-0.1, -0.05) is 15.9 Å². The number of carbonyl (C=O) groups excluding carboxylic acids is 1.